The van der Waals surface area contributed by atoms with Gasteiger partial charge in [0.2, 0.25) is 17.7 Å². The van der Waals surface area contributed by atoms with Crippen molar-refractivity contribution in [1.82, 2.24) is 25.4 Å². The summed E-state index contributed by atoms with van der Waals surface area (Å²) in [6.45, 7) is 9.34. The van der Waals surface area contributed by atoms with E-state index in [1.165, 1.54) is 0 Å². The first-order chi connectivity index (χ1) is 23.0. The molecule has 4 N–H and O–H groups in total. The first kappa shape index (κ1) is 34.0. The Balaban J connectivity index is 1.14. The second-order valence-electron chi connectivity index (χ2n) is 14.6. The molecule has 48 heavy (non-hydrogen) atoms. The fourth-order valence-corrected chi connectivity index (χ4v) is 7.27. The number of pyridine rings is 1. The summed E-state index contributed by atoms with van der Waals surface area (Å²) >= 11 is 0. The zero-order valence-electron chi connectivity index (χ0n) is 28.3. The van der Waals surface area contributed by atoms with Crippen LogP contribution in [0.5, 0.6) is 5.88 Å². The smallest absolute Gasteiger partial charge is 0.239 e. The third-order valence-electron chi connectivity index (χ3n) is 9.57. The van der Waals surface area contributed by atoms with Crippen LogP contribution >= 0.6 is 0 Å². The number of fused-ring (bicyclic) bond motifs is 2. The highest BCUT2D eigenvalue weighted by atomic mass is 16.5. The molecule has 3 aromatic rings. The fourth-order valence-electron chi connectivity index (χ4n) is 7.27. The molecule has 1 aromatic heterocycles. The number of piperazine rings is 1. The number of nitrogens with one attached hydrogen (secondary N) is 2. The highest BCUT2D eigenvalue weighted by Crippen LogP contribution is 2.32. The normalized spacial score (nSPS) is 22.3. The fraction of sp³-hybridized carbons (Fsp3) is 0.500. The molecule has 10 nitrogen and oxygen atoms in total. The summed E-state index contributed by atoms with van der Waals surface area (Å²) in [7, 11) is 0. The topological polar surface area (TPSA) is 127 Å². The minimum Gasteiger partial charge on any atom is -0.477 e. The predicted molar refractivity (Wildman–Crippen MR) is 183 cm³/mol. The van der Waals surface area contributed by atoms with Crippen molar-refractivity contribution in [3.63, 3.8) is 0 Å². The van der Waals surface area contributed by atoms with Crippen LogP contribution in [0.15, 0.2) is 66.9 Å². The lowest BCUT2D eigenvalue weighted by molar-refractivity contribution is -0.132. The number of aliphatic hydroxyl groups excluding tert-OH is 2. The third kappa shape index (κ3) is 8.41. The van der Waals surface area contributed by atoms with Crippen LogP contribution in [0.25, 0.3) is 0 Å². The van der Waals surface area contributed by atoms with Crippen molar-refractivity contribution >= 4 is 11.8 Å². The van der Waals surface area contributed by atoms with Crippen molar-refractivity contribution in [2.24, 2.45) is 5.92 Å². The Bertz CT molecular complexity index is 1580. The molecule has 3 aliphatic rings. The van der Waals surface area contributed by atoms with Gasteiger partial charge in [-0.15, -0.1) is 0 Å². The van der Waals surface area contributed by atoms with E-state index in [0.717, 1.165) is 40.8 Å². The quantitative estimate of drug-likeness (QED) is 0.249. The molecule has 0 bridgehead atoms. The van der Waals surface area contributed by atoms with Gasteiger partial charge in [0, 0.05) is 68.8 Å². The average Bonchev–Trinajstić information content (AvgIpc) is 3.64. The summed E-state index contributed by atoms with van der Waals surface area (Å²) in [4.78, 5) is 36.4. The molecule has 0 saturated carbocycles. The number of hydrogen-bond acceptors (Lipinski definition) is 8. The van der Waals surface area contributed by atoms with Crippen LogP contribution in [0.4, 0.5) is 0 Å². The molecule has 2 aromatic carbocycles. The second kappa shape index (κ2) is 14.7. The van der Waals surface area contributed by atoms with Gasteiger partial charge in [-0.05, 0) is 61.9 Å². The van der Waals surface area contributed by atoms with Gasteiger partial charge >= 0.3 is 0 Å². The van der Waals surface area contributed by atoms with Crippen molar-refractivity contribution in [2.45, 2.75) is 82.8 Å². The van der Waals surface area contributed by atoms with Crippen molar-refractivity contribution in [3.05, 3.63) is 94.7 Å². The van der Waals surface area contributed by atoms with Gasteiger partial charge < -0.3 is 25.6 Å². The van der Waals surface area contributed by atoms with E-state index in [9.17, 15) is 19.8 Å². The Morgan fingerprint density at radius 2 is 1.81 bits per heavy atom. The van der Waals surface area contributed by atoms with Crippen LogP contribution in [-0.4, -0.2) is 93.4 Å². The molecule has 5 atom stereocenters. The number of amides is 2. The van der Waals surface area contributed by atoms with Gasteiger partial charge in [-0.1, -0.05) is 54.6 Å². The maximum atomic E-state index is 13.9. The number of carbonyl (C=O) groups excluding carboxylic acids is 2. The summed E-state index contributed by atoms with van der Waals surface area (Å²) in [6.07, 6.45) is 2.34. The number of β-amino-alcohol motifs (C(OH)–C–C–N with tert-alkyl or cyclic N) is 1. The van der Waals surface area contributed by atoms with Crippen LogP contribution in [0.3, 0.4) is 0 Å². The number of aliphatic hydroxyl groups is 2. The molecule has 0 unspecified atom stereocenters. The van der Waals surface area contributed by atoms with Crippen molar-refractivity contribution in [1.29, 1.82) is 0 Å². The summed E-state index contributed by atoms with van der Waals surface area (Å²) in [5.41, 5.74) is 4.78. The van der Waals surface area contributed by atoms with E-state index >= 15 is 0 Å². The van der Waals surface area contributed by atoms with Gasteiger partial charge in [-0.3, -0.25) is 19.4 Å². The standard InChI is InChI=1S/C38H49N5O5/c1-38(2,3)41-36(47)32-24-42(22-26-18-28-13-16-48-37(28)39-21-26)14-15-43(32)23-30(44)19-29(17-25-9-5-4-6-10-25)35(46)40-34-31-12-8-7-11-27(31)20-33(34)45/h4-12,18,21,29-30,32-34,44-45H,13-17,19-20,22-24H2,1-3H3,(H,40,46)(H,41,47)/t29-,30-,32-,33+,34-/m0/s1. The van der Waals surface area contributed by atoms with E-state index in [0.29, 0.717) is 45.0 Å². The molecule has 1 saturated heterocycles. The number of rotatable bonds is 11. The number of hydrogen-bond donors (Lipinski definition) is 4. The molecule has 0 spiro atoms. The Kier molecular flexibility index (Phi) is 10.5. The first-order valence-electron chi connectivity index (χ1n) is 17.2. The molecule has 0 radical (unpaired) electrons. The Morgan fingerprint density at radius 1 is 1.04 bits per heavy atom. The van der Waals surface area contributed by atoms with Gasteiger partial charge in [0.25, 0.3) is 0 Å². The van der Waals surface area contributed by atoms with Crippen LogP contribution in [0.1, 0.15) is 61.1 Å². The summed E-state index contributed by atoms with van der Waals surface area (Å²) in [5, 5.41) is 28.6. The van der Waals surface area contributed by atoms with Crippen LogP contribution < -0.4 is 15.4 Å². The zero-order valence-corrected chi connectivity index (χ0v) is 28.3. The number of nitrogens with zero attached hydrogens (tertiary/aromatic N) is 3. The third-order valence-corrected chi connectivity index (χ3v) is 9.57. The van der Waals surface area contributed by atoms with E-state index in [-0.39, 0.29) is 24.8 Å². The highest BCUT2D eigenvalue weighted by molar-refractivity contribution is 5.83. The van der Waals surface area contributed by atoms with Gasteiger partial charge in [0.1, 0.15) is 6.04 Å². The maximum absolute atomic E-state index is 13.9. The number of carbonyl (C=O) groups is 2. The van der Waals surface area contributed by atoms with Gasteiger partial charge in [-0.25, -0.2) is 4.98 Å². The van der Waals surface area contributed by atoms with Crippen molar-refractivity contribution in [2.75, 3.05) is 32.8 Å². The molecule has 1 fully saturated rings. The van der Waals surface area contributed by atoms with E-state index in [1.807, 2.05) is 81.6 Å². The molecule has 10 heteroatoms. The molecule has 3 heterocycles. The monoisotopic (exact) mass is 655 g/mol. The first-order valence-corrected chi connectivity index (χ1v) is 17.2. The minimum absolute atomic E-state index is 0.0765. The van der Waals surface area contributed by atoms with E-state index in [1.54, 1.807) is 0 Å². The van der Waals surface area contributed by atoms with Crippen LogP contribution in [0.2, 0.25) is 0 Å². The molecular formula is C38H49N5O5. The lowest BCUT2D eigenvalue weighted by Gasteiger charge is -2.42. The molecule has 2 aliphatic heterocycles. The number of ether oxygens (including phenoxy) is 1. The molecule has 1 aliphatic carbocycles. The molecule has 2 amide bonds. The SMILES string of the molecule is CC(C)(C)NC(=O)[C@@H]1CN(Cc2cnc3c(c2)CCO3)CCN1C[C@@H](O)C[C@H](Cc1ccccc1)C(=O)N[C@H]1c2ccccc2C[C@H]1O. The van der Waals surface area contributed by atoms with Gasteiger partial charge in [0.15, 0.2) is 0 Å². The van der Waals surface area contributed by atoms with E-state index in [4.69, 9.17) is 4.74 Å². The Hall–Kier alpha value is -3.83. The minimum atomic E-state index is -0.845. The van der Waals surface area contributed by atoms with E-state index < -0.39 is 35.7 Å². The molecule has 256 valence electrons. The summed E-state index contributed by atoms with van der Waals surface area (Å²) < 4.78 is 5.57. The summed E-state index contributed by atoms with van der Waals surface area (Å²) in [6, 6.07) is 18.8. The second-order valence-corrected chi connectivity index (χ2v) is 14.6. The molecular weight excluding hydrogens is 606 g/mol. The zero-order chi connectivity index (χ0) is 33.8. The van der Waals surface area contributed by atoms with Crippen LogP contribution in [-0.2, 0) is 35.4 Å². The number of benzene rings is 2. The lowest BCUT2D eigenvalue weighted by atomic mass is 9.91. The highest BCUT2D eigenvalue weighted by Gasteiger charge is 2.37. The Morgan fingerprint density at radius 3 is 2.60 bits per heavy atom. The van der Waals surface area contributed by atoms with Crippen molar-refractivity contribution in [3.8, 4) is 5.88 Å². The Labute approximate surface area is 283 Å². The lowest BCUT2D eigenvalue weighted by Crippen LogP contribution is -2.61. The van der Waals surface area contributed by atoms with Crippen LogP contribution in [0, 0.1) is 5.92 Å². The van der Waals surface area contributed by atoms with E-state index in [2.05, 4.69) is 31.5 Å². The molecule has 6 rings (SSSR count). The predicted octanol–water partition coefficient (Wildman–Crippen LogP) is 2.80. The van der Waals surface area contributed by atoms with Crippen molar-refractivity contribution < 1.29 is 24.5 Å². The average molecular weight is 656 g/mol. The largest absolute Gasteiger partial charge is 0.477 e. The summed E-state index contributed by atoms with van der Waals surface area (Å²) in [5.74, 6) is -0.0866. The maximum Gasteiger partial charge on any atom is 0.239 e. The number of aromatic nitrogens is 1. The van der Waals surface area contributed by atoms with Gasteiger partial charge in [-0.2, -0.15) is 0 Å². The van der Waals surface area contributed by atoms with Gasteiger partial charge in [0.05, 0.1) is 24.9 Å².